The van der Waals surface area contributed by atoms with Gasteiger partial charge in [-0.3, -0.25) is 4.79 Å². The Morgan fingerprint density at radius 3 is 2.90 bits per heavy atom. The number of nitrogens with zero attached hydrogens (tertiary/aromatic N) is 2. The van der Waals surface area contributed by atoms with Gasteiger partial charge < -0.3 is 15.0 Å². The Morgan fingerprint density at radius 2 is 2.00 bits per heavy atom. The number of benzene rings is 2. The zero-order chi connectivity index (χ0) is 20.3. The van der Waals surface area contributed by atoms with Gasteiger partial charge in [0.15, 0.2) is 0 Å². The van der Waals surface area contributed by atoms with Crippen LogP contribution in [0.25, 0.3) is 22.0 Å². The molecule has 0 saturated carbocycles. The molecule has 3 heterocycles. The molecular weight excluding hydrogens is 376 g/mol. The zero-order valence-electron chi connectivity index (χ0n) is 16.5. The van der Waals surface area contributed by atoms with E-state index in [2.05, 4.69) is 32.4 Å². The average molecular weight is 398 g/mol. The van der Waals surface area contributed by atoms with Crippen molar-refractivity contribution in [1.29, 1.82) is 0 Å². The lowest BCUT2D eigenvalue weighted by Gasteiger charge is -2.11. The van der Waals surface area contributed by atoms with E-state index < -0.39 is 0 Å². The van der Waals surface area contributed by atoms with Crippen LogP contribution < -0.4 is 10.1 Å². The van der Waals surface area contributed by atoms with Gasteiger partial charge in [0.2, 0.25) is 5.91 Å². The summed E-state index contributed by atoms with van der Waals surface area (Å²) in [4.78, 5) is 23.8. The highest BCUT2D eigenvalue weighted by Gasteiger charge is 2.23. The minimum atomic E-state index is -0.0423. The summed E-state index contributed by atoms with van der Waals surface area (Å²) >= 11 is 0. The normalized spacial score (nSPS) is 15.0. The van der Waals surface area contributed by atoms with E-state index >= 15 is 0 Å². The van der Waals surface area contributed by atoms with Gasteiger partial charge >= 0.3 is 0 Å². The molecule has 2 aromatic carbocycles. The van der Waals surface area contributed by atoms with E-state index in [0.717, 1.165) is 34.4 Å². The van der Waals surface area contributed by atoms with E-state index in [1.54, 1.807) is 12.4 Å². The predicted molar refractivity (Wildman–Crippen MR) is 115 cm³/mol. The van der Waals surface area contributed by atoms with Crippen molar-refractivity contribution in [3.8, 4) is 16.9 Å². The Hall–Kier alpha value is -3.67. The van der Waals surface area contributed by atoms with Crippen LogP contribution in [0, 0.1) is 0 Å². The molecule has 2 N–H and O–H groups in total. The molecule has 0 fully saturated rings. The highest BCUT2D eigenvalue weighted by molar-refractivity contribution is 5.84. The molecule has 0 bridgehead atoms. The SMILES string of the molecule is O=C(CCc1c[nH]c2ccccc12)NCC1Cc2cc(-c3cncnc3)ccc2O1. The van der Waals surface area contributed by atoms with Gasteiger partial charge in [-0.15, -0.1) is 0 Å². The number of hydrogen-bond acceptors (Lipinski definition) is 4. The zero-order valence-corrected chi connectivity index (χ0v) is 16.5. The lowest BCUT2D eigenvalue weighted by molar-refractivity contribution is -0.121. The number of aromatic amines is 1. The quantitative estimate of drug-likeness (QED) is 0.519. The summed E-state index contributed by atoms with van der Waals surface area (Å²) in [5.74, 6) is 0.926. The van der Waals surface area contributed by atoms with Crippen molar-refractivity contribution in [2.75, 3.05) is 6.54 Å². The number of carbonyl (C=O) groups is 1. The Morgan fingerprint density at radius 1 is 1.13 bits per heavy atom. The molecule has 1 aliphatic rings. The molecule has 0 radical (unpaired) electrons. The van der Waals surface area contributed by atoms with Crippen molar-refractivity contribution >= 4 is 16.8 Å². The van der Waals surface area contributed by atoms with Gasteiger partial charge in [-0.25, -0.2) is 9.97 Å². The van der Waals surface area contributed by atoms with Crippen molar-refractivity contribution in [3.63, 3.8) is 0 Å². The monoisotopic (exact) mass is 398 g/mol. The molecular formula is C24H22N4O2. The maximum Gasteiger partial charge on any atom is 0.220 e. The van der Waals surface area contributed by atoms with E-state index in [9.17, 15) is 4.79 Å². The van der Waals surface area contributed by atoms with Gasteiger partial charge in [-0.05, 0) is 41.3 Å². The minimum Gasteiger partial charge on any atom is -0.488 e. The summed E-state index contributed by atoms with van der Waals surface area (Å²) in [6, 6.07) is 14.3. The number of rotatable bonds is 6. The highest BCUT2D eigenvalue weighted by Crippen LogP contribution is 2.32. The minimum absolute atomic E-state index is 0.0423. The lowest BCUT2D eigenvalue weighted by atomic mass is 10.0. The molecule has 0 aliphatic carbocycles. The van der Waals surface area contributed by atoms with Gasteiger partial charge in [0, 0.05) is 47.9 Å². The van der Waals surface area contributed by atoms with Crippen LogP contribution in [0.5, 0.6) is 5.75 Å². The maximum atomic E-state index is 12.4. The first-order valence-corrected chi connectivity index (χ1v) is 10.1. The van der Waals surface area contributed by atoms with E-state index in [-0.39, 0.29) is 12.0 Å². The number of carbonyl (C=O) groups excluding carboxylic acids is 1. The van der Waals surface area contributed by atoms with Crippen LogP contribution in [0.1, 0.15) is 17.5 Å². The molecule has 1 aliphatic heterocycles. The number of hydrogen-bond donors (Lipinski definition) is 2. The summed E-state index contributed by atoms with van der Waals surface area (Å²) in [6.45, 7) is 0.505. The van der Waals surface area contributed by atoms with Crippen molar-refractivity contribution in [3.05, 3.63) is 78.5 Å². The fourth-order valence-electron chi connectivity index (χ4n) is 3.96. The summed E-state index contributed by atoms with van der Waals surface area (Å²) < 4.78 is 6.01. The summed E-state index contributed by atoms with van der Waals surface area (Å²) in [7, 11) is 0. The van der Waals surface area contributed by atoms with E-state index in [1.807, 2.05) is 36.5 Å². The van der Waals surface area contributed by atoms with Crippen LogP contribution in [0.3, 0.4) is 0 Å². The topological polar surface area (TPSA) is 79.9 Å². The summed E-state index contributed by atoms with van der Waals surface area (Å²) in [6.07, 6.45) is 9.02. The highest BCUT2D eigenvalue weighted by atomic mass is 16.5. The smallest absolute Gasteiger partial charge is 0.220 e. The number of H-pyrrole nitrogens is 1. The Kier molecular flexibility index (Phi) is 4.89. The van der Waals surface area contributed by atoms with Crippen molar-refractivity contribution < 1.29 is 9.53 Å². The van der Waals surface area contributed by atoms with Crippen molar-refractivity contribution in [2.45, 2.75) is 25.4 Å². The number of nitrogens with one attached hydrogen (secondary N) is 2. The van der Waals surface area contributed by atoms with Crippen LogP contribution in [-0.2, 0) is 17.6 Å². The predicted octanol–water partition coefficient (Wildman–Crippen LogP) is 3.68. The second kappa shape index (κ2) is 7.99. The second-order valence-electron chi connectivity index (χ2n) is 7.56. The largest absolute Gasteiger partial charge is 0.488 e. The summed E-state index contributed by atoms with van der Waals surface area (Å²) in [5, 5.41) is 4.20. The average Bonchev–Trinajstić information content (AvgIpc) is 3.40. The first-order valence-electron chi connectivity index (χ1n) is 10.1. The molecule has 5 rings (SSSR count). The van der Waals surface area contributed by atoms with Crippen molar-refractivity contribution in [2.24, 2.45) is 0 Å². The standard InChI is InChI=1S/C24H22N4O2/c29-24(8-6-17-13-27-22-4-2-1-3-21(17)22)28-14-20-10-18-9-16(5-7-23(18)30-20)19-11-25-15-26-12-19/h1-5,7,9,11-13,15,20,27H,6,8,10,14H2,(H,28,29). The fourth-order valence-corrected chi connectivity index (χ4v) is 3.96. The number of para-hydroxylation sites is 1. The van der Waals surface area contributed by atoms with E-state index in [1.165, 1.54) is 17.3 Å². The Bertz CT molecular complexity index is 1190. The molecule has 150 valence electrons. The van der Waals surface area contributed by atoms with Crippen molar-refractivity contribution in [1.82, 2.24) is 20.3 Å². The number of amides is 1. The van der Waals surface area contributed by atoms with Gasteiger partial charge in [-0.1, -0.05) is 24.3 Å². The molecule has 6 nitrogen and oxygen atoms in total. The Labute approximate surface area is 174 Å². The molecule has 1 unspecified atom stereocenters. The molecule has 30 heavy (non-hydrogen) atoms. The second-order valence-corrected chi connectivity index (χ2v) is 7.56. The summed E-state index contributed by atoms with van der Waals surface area (Å²) in [5.41, 5.74) is 5.47. The third-order valence-corrected chi connectivity index (χ3v) is 5.52. The van der Waals surface area contributed by atoms with Gasteiger partial charge in [-0.2, -0.15) is 0 Å². The third-order valence-electron chi connectivity index (χ3n) is 5.52. The molecule has 2 aromatic heterocycles. The first-order chi connectivity index (χ1) is 14.8. The van der Waals surface area contributed by atoms with Crippen LogP contribution >= 0.6 is 0 Å². The van der Waals surface area contributed by atoms with Gasteiger partial charge in [0.1, 0.15) is 18.2 Å². The molecule has 1 amide bonds. The number of fused-ring (bicyclic) bond motifs is 2. The van der Waals surface area contributed by atoms with Crippen LogP contribution in [0.15, 0.2) is 67.4 Å². The molecule has 4 aromatic rings. The van der Waals surface area contributed by atoms with Crippen LogP contribution in [0.4, 0.5) is 0 Å². The van der Waals surface area contributed by atoms with Gasteiger partial charge in [0.05, 0.1) is 6.54 Å². The number of aryl methyl sites for hydroxylation is 1. The third kappa shape index (κ3) is 3.76. The van der Waals surface area contributed by atoms with E-state index in [4.69, 9.17) is 4.74 Å². The first kappa shape index (κ1) is 18.4. The molecule has 1 atom stereocenters. The Balaban J connectivity index is 1.14. The van der Waals surface area contributed by atoms with Gasteiger partial charge in [0.25, 0.3) is 0 Å². The lowest BCUT2D eigenvalue weighted by Crippen LogP contribution is -2.34. The van der Waals surface area contributed by atoms with Crippen LogP contribution in [-0.4, -0.2) is 33.5 Å². The molecule has 0 spiro atoms. The molecule has 6 heteroatoms. The van der Waals surface area contributed by atoms with Crippen LogP contribution in [0.2, 0.25) is 0 Å². The fraction of sp³-hybridized carbons (Fsp3) is 0.208. The maximum absolute atomic E-state index is 12.4. The van der Waals surface area contributed by atoms with E-state index in [0.29, 0.717) is 19.4 Å². The number of ether oxygens (including phenoxy) is 1. The molecule has 0 saturated heterocycles. The number of aromatic nitrogens is 3.